The van der Waals surface area contributed by atoms with Gasteiger partial charge in [-0.05, 0) is 146 Å². The largest absolute Gasteiger partial charge is 0.508 e. The van der Waals surface area contributed by atoms with Crippen LogP contribution in [-0.2, 0) is 14.3 Å². The van der Waals surface area contributed by atoms with Crippen molar-refractivity contribution in [1.29, 1.82) is 0 Å². The van der Waals surface area contributed by atoms with Crippen molar-refractivity contribution in [3.63, 3.8) is 0 Å². The first-order valence-electron chi connectivity index (χ1n) is 19.2. The summed E-state index contributed by atoms with van der Waals surface area (Å²) >= 11 is 0. The van der Waals surface area contributed by atoms with E-state index in [2.05, 4.69) is 54.5 Å². The monoisotopic (exact) mass is 712 g/mol. The van der Waals surface area contributed by atoms with Gasteiger partial charge in [-0.2, -0.15) is 0 Å². The zero-order chi connectivity index (χ0) is 37.6. The number of aliphatic carboxylic acids is 1. The molecule has 4 fully saturated rings. The molecule has 0 spiro atoms. The van der Waals surface area contributed by atoms with E-state index in [1.54, 1.807) is 0 Å². The Bertz CT molecular complexity index is 1790. The van der Waals surface area contributed by atoms with E-state index in [4.69, 9.17) is 9.47 Å². The number of allylic oxidation sites excluding steroid dienone is 2. The van der Waals surface area contributed by atoms with Crippen molar-refractivity contribution >= 4 is 17.9 Å². The molecule has 8 heteroatoms. The molecule has 0 bridgehead atoms. The third kappa shape index (κ3) is 5.48. The molecular weight excluding hydrogens is 656 g/mol. The fourth-order valence-electron chi connectivity index (χ4n) is 12.9. The first-order chi connectivity index (χ1) is 24.3. The molecule has 3 unspecified atom stereocenters. The molecule has 0 heterocycles. The highest BCUT2D eigenvalue weighted by Gasteiger charge is 2.70. The van der Waals surface area contributed by atoms with Crippen LogP contribution in [0.5, 0.6) is 11.5 Å². The number of rotatable bonds is 5. The summed E-state index contributed by atoms with van der Waals surface area (Å²) in [5, 5.41) is 30.5. The van der Waals surface area contributed by atoms with Crippen molar-refractivity contribution in [3.8, 4) is 11.5 Å². The van der Waals surface area contributed by atoms with Gasteiger partial charge in [-0.25, -0.2) is 9.59 Å². The lowest BCUT2D eigenvalue weighted by Crippen LogP contribution is -2.67. The maximum absolute atomic E-state index is 13.8. The second-order valence-electron chi connectivity index (χ2n) is 19.1. The molecule has 0 saturated heterocycles. The van der Waals surface area contributed by atoms with Crippen LogP contribution in [0, 0.1) is 50.2 Å². The van der Waals surface area contributed by atoms with Gasteiger partial charge in [0.15, 0.2) is 0 Å². The summed E-state index contributed by atoms with van der Waals surface area (Å²) in [6, 6.07) is 12.0. The number of carbonyl (C=O) groups is 3. The van der Waals surface area contributed by atoms with Crippen LogP contribution >= 0.6 is 0 Å². The molecule has 4 saturated carbocycles. The highest BCUT2D eigenvalue weighted by molar-refractivity contribution is 5.90. The lowest BCUT2D eigenvalue weighted by Gasteiger charge is -2.70. The minimum atomic E-state index is -0.742. The summed E-state index contributed by atoms with van der Waals surface area (Å²) in [4.78, 5) is 40.6. The van der Waals surface area contributed by atoms with Gasteiger partial charge in [0.25, 0.3) is 0 Å². The van der Waals surface area contributed by atoms with Crippen LogP contribution < -0.4 is 0 Å². The van der Waals surface area contributed by atoms with Crippen molar-refractivity contribution in [3.05, 3.63) is 71.3 Å². The summed E-state index contributed by atoms with van der Waals surface area (Å²) in [6.45, 7) is 16.0. The molecule has 52 heavy (non-hydrogen) atoms. The average Bonchev–Trinajstić information content (AvgIpc) is 3.06. The number of phenolic OH excluding ortho intramolecular Hbond substituents is 2. The number of phenols is 2. The van der Waals surface area contributed by atoms with Gasteiger partial charge in [-0.15, -0.1) is 0 Å². The molecule has 7 rings (SSSR count). The Kier molecular flexibility index (Phi) is 8.51. The van der Waals surface area contributed by atoms with Gasteiger partial charge < -0.3 is 24.8 Å². The van der Waals surface area contributed by atoms with Crippen LogP contribution in [-0.4, -0.2) is 45.4 Å². The second-order valence-corrected chi connectivity index (χ2v) is 19.1. The Balaban J connectivity index is 1.26. The van der Waals surface area contributed by atoms with Gasteiger partial charge in [0.2, 0.25) is 0 Å². The first kappa shape index (κ1) is 36.5. The molecule has 8 nitrogen and oxygen atoms in total. The van der Waals surface area contributed by atoms with Crippen LogP contribution in [0.4, 0.5) is 0 Å². The number of fused-ring (bicyclic) bond motifs is 7. The van der Waals surface area contributed by atoms with E-state index >= 15 is 0 Å². The van der Waals surface area contributed by atoms with Gasteiger partial charge in [0.1, 0.15) is 23.7 Å². The molecule has 9 atom stereocenters. The third-order valence-electron chi connectivity index (χ3n) is 15.3. The van der Waals surface area contributed by atoms with E-state index in [-0.39, 0.29) is 50.9 Å². The van der Waals surface area contributed by atoms with E-state index in [0.29, 0.717) is 30.4 Å². The second kappa shape index (κ2) is 12.1. The van der Waals surface area contributed by atoms with Gasteiger partial charge in [-0.1, -0.05) is 60.1 Å². The van der Waals surface area contributed by atoms with E-state index in [9.17, 15) is 29.7 Å². The van der Waals surface area contributed by atoms with Crippen LogP contribution in [0.25, 0.3) is 0 Å². The zero-order valence-corrected chi connectivity index (χ0v) is 31.8. The Morgan fingerprint density at radius 3 is 1.73 bits per heavy atom. The molecule has 5 aliphatic rings. The number of benzene rings is 2. The summed E-state index contributed by atoms with van der Waals surface area (Å²) in [6.07, 6.45) is 8.20. The van der Waals surface area contributed by atoms with Gasteiger partial charge >= 0.3 is 17.9 Å². The number of esters is 2. The van der Waals surface area contributed by atoms with Gasteiger partial charge in [-0.3, -0.25) is 4.79 Å². The van der Waals surface area contributed by atoms with Crippen molar-refractivity contribution in [2.24, 2.45) is 50.2 Å². The van der Waals surface area contributed by atoms with Crippen LogP contribution in [0.1, 0.15) is 127 Å². The number of aromatic hydroxyl groups is 2. The summed E-state index contributed by atoms with van der Waals surface area (Å²) in [5.74, 6) is -1.16. The fourth-order valence-corrected chi connectivity index (χ4v) is 12.9. The topological polar surface area (TPSA) is 130 Å². The summed E-state index contributed by atoms with van der Waals surface area (Å²) < 4.78 is 12.8. The van der Waals surface area contributed by atoms with Crippen molar-refractivity contribution in [1.82, 2.24) is 0 Å². The fraction of sp³-hybridized carbons (Fsp3) is 0.614. The molecule has 0 aromatic heterocycles. The first-order valence-corrected chi connectivity index (χ1v) is 19.2. The van der Waals surface area contributed by atoms with Crippen molar-refractivity contribution < 1.29 is 39.2 Å². The maximum Gasteiger partial charge on any atom is 0.338 e. The minimum absolute atomic E-state index is 0.0478. The minimum Gasteiger partial charge on any atom is -0.508 e. The number of hydrogen-bond donors (Lipinski definition) is 3. The number of carboxylic acids is 1. The average molecular weight is 713 g/mol. The number of ether oxygens (including phenoxy) is 2. The Morgan fingerprint density at radius 1 is 0.654 bits per heavy atom. The van der Waals surface area contributed by atoms with Crippen molar-refractivity contribution in [2.45, 2.75) is 118 Å². The van der Waals surface area contributed by atoms with Gasteiger partial charge in [0, 0.05) is 5.41 Å². The quantitative estimate of drug-likeness (QED) is 0.207. The standard InChI is InChI=1S/C44H56O8/c1-39(2)22-23-44(38(49)50)21-18-32-41(5)19-16-31-40(3,4)35(52-37(48)27-10-14-29(46)15-11-27)30(51-36(47)26-8-12-28(45)13-9-26)24-43(31,7)33(41)17-20-42(32,6)34(44)25-39/h8-15,18,30-31,33-35,45-46H,16-17,19-25H2,1-7H3,(H,49,50)/t30-,31?,33?,34?,35+,41+,42-,43+,44-/m1/s1. The van der Waals surface area contributed by atoms with E-state index < -0.39 is 40.9 Å². The molecule has 3 N–H and O–H groups in total. The van der Waals surface area contributed by atoms with E-state index in [1.807, 2.05) is 0 Å². The molecular formula is C44H56O8. The Labute approximate surface area is 308 Å². The summed E-state index contributed by atoms with van der Waals surface area (Å²) in [5.41, 5.74) is 0.159. The normalized spacial score (nSPS) is 38.6. The number of carbonyl (C=O) groups excluding carboxylic acids is 2. The van der Waals surface area contributed by atoms with Crippen LogP contribution in [0.3, 0.4) is 0 Å². The zero-order valence-electron chi connectivity index (χ0n) is 31.8. The SMILES string of the molecule is CC1(C)CC[C@]2(C(=O)O)CC=C3[C@]4(C)CCC5C(C)(C)[C@@H](OC(=O)c6ccc(O)cc6)[C@H](OC(=O)c6ccc(O)cc6)C[C@]5(C)C4CC[C@@]3(C)C2C1. The maximum atomic E-state index is 13.8. The smallest absolute Gasteiger partial charge is 0.338 e. The van der Waals surface area contributed by atoms with Crippen LogP contribution in [0.15, 0.2) is 60.2 Å². The highest BCUT2D eigenvalue weighted by atomic mass is 16.6. The van der Waals surface area contributed by atoms with Gasteiger partial charge in [0.05, 0.1) is 16.5 Å². The molecule has 0 aliphatic heterocycles. The Morgan fingerprint density at radius 2 is 1.17 bits per heavy atom. The highest BCUT2D eigenvalue weighted by Crippen LogP contribution is 2.75. The molecule has 2 aromatic rings. The van der Waals surface area contributed by atoms with E-state index in [1.165, 1.54) is 54.1 Å². The third-order valence-corrected chi connectivity index (χ3v) is 15.3. The molecule has 0 amide bonds. The molecule has 5 aliphatic carbocycles. The molecule has 0 radical (unpaired) electrons. The lowest BCUT2D eigenvalue weighted by molar-refractivity contribution is -0.219. The van der Waals surface area contributed by atoms with Crippen molar-refractivity contribution in [2.75, 3.05) is 0 Å². The predicted octanol–water partition coefficient (Wildman–Crippen LogP) is 9.35. The Hall–Kier alpha value is -3.81. The predicted molar refractivity (Wildman–Crippen MR) is 197 cm³/mol. The number of hydrogen-bond acceptors (Lipinski definition) is 7. The molecule has 2 aromatic carbocycles. The lowest BCUT2D eigenvalue weighted by atomic mass is 9.34. The molecule has 280 valence electrons. The van der Waals surface area contributed by atoms with Crippen LogP contribution in [0.2, 0.25) is 0 Å². The summed E-state index contributed by atoms with van der Waals surface area (Å²) in [7, 11) is 0. The van der Waals surface area contributed by atoms with E-state index in [0.717, 1.165) is 38.5 Å². The number of carboxylic acid groups (broad SMARTS) is 1.